The molecule has 1 aromatic heterocycles. The third kappa shape index (κ3) is 2.19. The highest BCUT2D eigenvalue weighted by Crippen LogP contribution is 2.41. The number of ether oxygens (including phenoxy) is 1. The van der Waals surface area contributed by atoms with Crippen molar-refractivity contribution < 1.29 is 24.7 Å². The number of hydrogen-bond donors (Lipinski definition) is 3. The molecule has 8 nitrogen and oxygen atoms in total. The van der Waals surface area contributed by atoms with Crippen molar-refractivity contribution >= 4 is 28.4 Å². The smallest absolute Gasteiger partial charge is 0.293 e. The number of carbonyl (C=O) groups excluding carboxylic acids is 1. The number of carbonyl (C=O) groups is 1. The van der Waals surface area contributed by atoms with Gasteiger partial charge in [0.1, 0.15) is 28.3 Å². The van der Waals surface area contributed by atoms with Gasteiger partial charge in [-0.2, -0.15) is 0 Å². The van der Waals surface area contributed by atoms with E-state index in [4.69, 9.17) is 4.74 Å². The van der Waals surface area contributed by atoms with Crippen molar-refractivity contribution in [3.05, 3.63) is 63.5 Å². The van der Waals surface area contributed by atoms with Gasteiger partial charge < -0.3 is 19.9 Å². The van der Waals surface area contributed by atoms with Crippen molar-refractivity contribution in [2.45, 2.75) is 0 Å². The number of phenolic OH excluding ortho intramolecular Hbond substituents is 2. The standard InChI is InChI=1S/C17H10N2O6/c20-9-5-12(21)15-13(6-9)25-14(17(15)22)4-8-7-18-16-10(8)2-1-3-11(16)19(23)24/h1-7,18,20-21H/b14-4+. The third-order valence-electron chi connectivity index (χ3n) is 3.95. The molecule has 1 aliphatic heterocycles. The third-order valence-corrected chi connectivity index (χ3v) is 3.95. The highest BCUT2D eigenvalue weighted by atomic mass is 16.6. The Morgan fingerprint density at radius 1 is 1.24 bits per heavy atom. The number of rotatable bonds is 2. The van der Waals surface area contributed by atoms with Crippen molar-refractivity contribution in [3.63, 3.8) is 0 Å². The largest absolute Gasteiger partial charge is 0.508 e. The maximum Gasteiger partial charge on any atom is 0.293 e. The molecule has 4 rings (SSSR count). The number of nitro benzene ring substituents is 1. The van der Waals surface area contributed by atoms with Gasteiger partial charge in [0.25, 0.3) is 5.69 Å². The van der Waals surface area contributed by atoms with Crippen LogP contribution in [0.15, 0.2) is 42.3 Å². The van der Waals surface area contributed by atoms with E-state index in [1.54, 1.807) is 12.1 Å². The van der Waals surface area contributed by atoms with Crippen molar-refractivity contribution in [2.75, 3.05) is 0 Å². The first-order valence-corrected chi connectivity index (χ1v) is 7.20. The van der Waals surface area contributed by atoms with E-state index in [-0.39, 0.29) is 34.3 Å². The average molecular weight is 338 g/mol. The second-order valence-corrected chi connectivity index (χ2v) is 5.48. The normalized spacial score (nSPS) is 14.7. The molecule has 0 saturated carbocycles. The van der Waals surface area contributed by atoms with Crippen LogP contribution in [0, 0.1) is 10.1 Å². The van der Waals surface area contributed by atoms with Gasteiger partial charge in [0, 0.05) is 35.3 Å². The number of fused-ring (bicyclic) bond motifs is 2. The molecule has 0 saturated heterocycles. The van der Waals surface area contributed by atoms with Gasteiger partial charge in [-0.1, -0.05) is 12.1 Å². The SMILES string of the molecule is O=C1/C(=C\c2c[nH]c3c([N+](=O)[O-])cccc23)Oc2cc(O)cc(O)c21. The summed E-state index contributed by atoms with van der Waals surface area (Å²) in [6.45, 7) is 0. The molecule has 0 atom stereocenters. The summed E-state index contributed by atoms with van der Waals surface area (Å²) in [7, 11) is 0. The highest BCUT2D eigenvalue weighted by Gasteiger charge is 2.31. The minimum atomic E-state index is -0.535. The maximum absolute atomic E-state index is 12.4. The van der Waals surface area contributed by atoms with E-state index in [2.05, 4.69) is 4.98 Å². The van der Waals surface area contributed by atoms with Crippen LogP contribution in [-0.2, 0) is 0 Å². The quantitative estimate of drug-likeness (QED) is 0.374. The topological polar surface area (TPSA) is 126 Å². The molecule has 0 amide bonds. The van der Waals surface area contributed by atoms with Crippen LogP contribution in [0.1, 0.15) is 15.9 Å². The number of nitrogens with one attached hydrogen (secondary N) is 1. The van der Waals surface area contributed by atoms with Crippen molar-refractivity contribution in [3.8, 4) is 17.2 Å². The number of para-hydroxylation sites is 1. The van der Waals surface area contributed by atoms with E-state index < -0.39 is 10.7 Å². The summed E-state index contributed by atoms with van der Waals surface area (Å²) in [5.74, 6) is -1.14. The molecule has 0 fully saturated rings. The monoisotopic (exact) mass is 338 g/mol. The zero-order chi connectivity index (χ0) is 17.7. The molecule has 3 aromatic rings. The first kappa shape index (κ1) is 14.8. The van der Waals surface area contributed by atoms with Gasteiger partial charge >= 0.3 is 0 Å². The molecule has 2 heterocycles. The Kier molecular flexibility index (Phi) is 3.01. The maximum atomic E-state index is 12.4. The molecular weight excluding hydrogens is 328 g/mol. The van der Waals surface area contributed by atoms with Gasteiger partial charge in [0.05, 0.1) is 4.92 Å². The minimum absolute atomic E-state index is 0.0325. The lowest BCUT2D eigenvalue weighted by Crippen LogP contribution is -1.98. The summed E-state index contributed by atoms with van der Waals surface area (Å²) in [4.78, 5) is 25.8. The predicted octanol–water partition coefficient (Wildman–Crippen LogP) is 3.10. The number of aromatic hydroxyl groups is 2. The number of aromatic amines is 1. The van der Waals surface area contributed by atoms with Gasteiger partial charge in [0.2, 0.25) is 5.78 Å². The minimum Gasteiger partial charge on any atom is -0.508 e. The van der Waals surface area contributed by atoms with Crippen LogP contribution in [0.2, 0.25) is 0 Å². The second-order valence-electron chi connectivity index (χ2n) is 5.48. The van der Waals surface area contributed by atoms with Crippen molar-refractivity contribution in [1.82, 2.24) is 4.98 Å². The summed E-state index contributed by atoms with van der Waals surface area (Å²) in [6, 6.07) is 6.89. The van der Waals surface area contributed by atoms with Crippen LogP contribution < -0.4 is 4.74 Å². The summed E-state index contributed by atoms with van der Waals surface area (Å²) in [5.41, 5.74) is 0.753. The Hall–Kier alpha value is -3.81. The fourth-order valence-electron chi connectivity index (χ4n) is 2.85. The molecule has 0 bridgehead atoms. The Labute approximate surface area is 139 Å². The van der Waals surface area contributed by atoms with Crippen LogP contribution in [0.25, 0.3) is 17.0 Å². The number of benzene rings is 2. The molecule has 3 N–H and O–H groups in total. The number of nitrogens with zero attached hydrogens (tertiary/aromatic N) is 1. The van der Waals surface area contributed by atoms with Crippen LogP contribution in [-0.4, -0.2) is 25.9 Å². The molecule has 0 unspecified atom stereocenters. The van der Waals surface area contributed by atoms with E-state index >= 15 is 0 Å². The number of Topliss-reactive ketones (excluding diaryl/α,β-unsaturated/α-hetero) is 1. The number of aromatic nitrogens is 1. The lowest BCUT2D eigenvalue weighted by molar-refractivity contribution is -0.383. The van der Waals surface area contributed by atoms with Gasteiger partial charge in [-0.25, -0.2) is 0 Å². The predicted molar refractivity (Wildman–Crippen MR) is 87.7 cm³/mol. The summed E-state index contributed by atoms with van der Waals surface area (Å²) >= 11 is 0. The van der Waals surface area contributed by atoms with E-state index in [9.17, 15) is 25.1 Å². The zero-order valence-corrected chi connectivity index (χ0v) is 12.5. The second kappa shape index (κ2) is 5.10. The summed E-state index contributed by atoms with van der Waals surface area (Å²) < 4.78 is 5.42. The lowest BCUT2D eigenvalue weighted by Gasteiger charge is -2.00. The van der Waals surface area contributed by atoms with Crippen LogP contribution in [0.3, 0.4) is 0 Å². The Balaban J connectivity index is 1.82. The van der Waals surface area contributed by atoms with E-state index in [0.29, 0.717) is 16.5 Å². The Morgan fingerprint density at radius 3 is 2.80 bits per heavy atom. The lowest BCUT2D eigenvalue weighted by atomic mass is 10.1. The number of nitro groups is 1. The van der Waals surface area contributed by atoms with Gasteiger partial charge in [-0.15, -0.1) is 0 Å². The number of phenols is 2. The fourth-order valence-corrected chi connectivity index (χ4v) is 2.85. The molecule has 8 heteroatoms. The Morgan fingerprint density at radius 2 is 2.04 bits per heavy atom. The van der Waals surface area contributed by atoms with Crippen LogP contribution >= 0.6 is 0 Å². The van der Waals surface area contributed by atoms with E-state index in [0.717, 1.165) is 6.07 Å². The number of allylic oxidation sites excluding steroid dienone is 1. The Bertz CT molecular complexity index is 1100. The van der Waals surface area contributed by atoms with E-state index in [1.807, 2.05) is 0 Å². The molecule has 0 spiro atoms. The zero-order valence-electron chi connectivity index (χ0n) is 12.5. The molecule has 0 radical (unpaired) electrons. The van der Waals surface area contributed by atoms with Crippen LogP contribution in [0.4, 0.5) is 5.69 Å². The first-order chi connectivity index (χ1) is 12.0. The molecule has 2 aromatic carbocycles. The number of hydrogen-bond acceptors (Lipinski definition) is 6. The first-order valence-electron chi connectivity index (χ1n) is 7.20. The van der Waals surface area contributed by atoms with E-state index in [1.165, 1.54) is 24.4 Å². The number of H-pyrrole nitrogens is 1. The van der Waals surface area contributed by atoms with Gasteiger partial charge in [-0.05, 0) is 6.08 Å². The van der Waals surface area contributed by atoms with Gasteiger partial charge in [0.15, 0.2) is 5.76 Å². The number of non-ortho nitro benzene ring substituents is 1. The van der Waals surface area contributed by atoms with Crippen LogP contribution in [0.5, 0.6) is 17.2 Å². The number of ketones is 1. The molecule has 124 valence electrons. The molecular formula is C17H10N2O6. The fraction of sp³-hybridized carbons (Fsp3) is 0. The highest BCUT2D eigenvalue weighted by molar-refractivity contribution is 6.16. The summed E-state index contributed by atoms with van der Waals surface area (Å²) in [6.07, 6.45) is 2.96. The molecule has 0 aliphatic carbocycles. The molecule has 1 aliphatic rings. The van der Waals surface area contributed by atoms with Gasteiger partial charge in [-0.3, -0.25) is 14.9 Å². The molecule has 25 heavy (non-hydrogen) atoms. The average Bonchev–Trinajstić information content (AvgIpc) is 3.09. The summed E-state index contributed by atoms with van der Waals surface area (Å²) in [5, 5.41) is 31.0. The van der Waals surface area contributed by atoms with Crippen molar-refractivity contribution in [2.24, 2.45) is 0 Å². The van der Waals surface area contributed by atoms with Crippen molar-refractivity contribution in [1.29, 1.82) is 0 Å².